The van der Waals surface area contributed by atoms with Gasteiger partial charge in [-0.05, 0) is 133 Å². The molecule has 0 radical (unpaired) electrons. The molecule has 0 amide bonds. The maximum atomic E-state index is 2.46. The van der Waals surface area contributed by atoms with Crippen LogP contribution in [0.3, 0.4) is 0 Å². The molecule has 314 valence electrons. The van der Waals surface area contributed by atoms with Crippen LogP contribution < -0.4 is 4.90 Å². The second-order valence-corrected chi connectivity index (χ2v) is 17.7. The molecule has 2 nitrogen and oxygen atoms in total. The Bertz CT molecular complexity index is 3740. The van der Waals surface area contributed by atoms with E-state index in [2.05, 4.69) is 276 Å². The van der Waals surface area contributed by atoms with Crippen molar-refractivity contribution >= 4 is 49.6 Å². The van der Waals surface area contributed by atoms with Crippen molar-refractivity contribution in [2.75, 3.05) is 4.90 Å². The zero-order valence-electron chi connectivity index (χ0n) is 36.8. The predicted octanol–water partition coefficient (Wildman–Crippen LogP) is 17.1. The largest absolute Gasteiger partial charge is 0.310 e. The summed E-state index contributed by atoms with van der Waals surface area (Å²) in [5.41, 5.74) is 18.9. The van der Waals surface area contributed by atoms with Gasteiger partial charge >= 0.3 is 0 Å². The molecule has 0 N–H and O–H groups in total. The second-order valence-electron chi connectivity index (χ2n) is 17.7. The van der Waals surface area contributed by atoms with Gasteiger partial charge in [0, 0.05) is 33.5 Å². The number of hydrogen-bond acceptors (Lipinski definition) is 1. The summed E-state index contributed by atoms with van der Waals surface area (Å²) in [5, 5.41) is 4.94. The van der Waals surface area contributed by atoms with Crippen LogP contribution >= 0.6 is 0 Å². The van der Waals surface area contributed by atoms with Crippen molar-refractivity contribution in [2.24, 2.45) is 0 Å². The van der Waals surface area contributed by atoms with Crippen LogP contribution in [0.25, 0.3) is 71.6 Å². The number of hydrogen-bond donors (Lipinski definition) is 0. The van der Waals surface area contributed by atoms with E-state index in [4.69, 9.17) is 0 Å². The Hall–Kier alpha value is -8.72. The highest BCUT2D eigenvalue weighted by Gasteiger charge is 2.46. The molecule has 2 heteroatoms. The smallest absolute Gasteiger partial charge is 0.0714 e. The van der Waals surface area contributed by atoms with E-state index in [9.17, 15) is 0 Å². The maximum Gasteiger partial charge on any atom is 0.0714 e. The van der Waals surface area contributed by atoms with E-state index in [1.807, 2.05) is 0 Å². The van der Waals surface area contributed by atoms with Crippen molar-refractivity contribution in [1.29, 1.82) is 0 Å². The van der Waals surface area contributed by atoms with E-state index in [0.29, 0.717) is 0 Å². The van der Waals surface area contributed by atoms with E-state index in [-0.39, 0.29) is 0 Å². The standard InChI is InChI=1S/C65H44N2/c1-4-18-51(19-5-1)65(52-20-6-2-7-21-52)61-26-14-12-24-57(61)58-40-39-56(44-62(58)65)67-63-27-15-13-25-59(63)60-43-50(35-41-64(60)67)48-30-28-46(29-31-48)47-32-36-54(37-33-47)66(53-22-8-3-9-23-53)55-38-34-45-16-10-11-17-49(45)42-55/h1-44H. The zero-order valence-corrected chi connectivity index (χ0v) is 36.8. The molecule has 0 aliphatic heterocycles. The van der Waals surface area contributed by atoms with Gasteiger partial charge in [-0.15, -0.1) is 0 Å². The van der Waals surface area contributed by atoms with Gasteiger partial charge in [0.2, 0.25) is 0 Å². The lowest BCUT2D eigenvalue weighted by Crippen LogP contribution is -2.28. The van der Waals surface area contributed by atoms with Gasteiger partial charge in [0.15, 0.2) is 0 Å². The number of fused-ring (bicyclic) bond motifs is 7. The fourth-order valence-corrected chi connectivity index (χ4v) is 11.0. The third-order valence-electron chi connectivity index (χ3n) is 14.1. The number of anilines is 3. The van der Waals surface area contributed by atoms with E-state index in [1.165, 1.54) is 88.2 Å². The minimum atomic E-state index is -0.467. The average molecular weight is 853 g/mol. The van der Waals surface area contributed by atoms with Gasteiger partial charge in [0.05, 0.1) is 16.4 Å². The first-order valence-electron chi connectivity index (χ1n) is 23.2. The lowest BCUT2D eigenvalue weighted by molar-refractivity contribution is 0.767. The van der Waals surface area contributed by atoms with Crippen molar-refractivity contribution in [2.45, 2.75) is 5.41 Å². The Morgan fingerprint density at radius 1 is 0.299 bits per heavy atom. The number of nitrogens with zero attached hydrogens (tertiary/aromatic N) is 2. The van der Waals surface area contributed by atoms with Crippen LogP contribution in [-0.2, 0) is 5.41 Å². The molecule has 0 atom stereocenters. The molecule has 67 heavy (non-hydrogen) atoms. The Balaban J connectivity index is 0.864. The summed E-state index contributed by atoms with van der Waals surface area (Å²) in [6, 6.07) is 97.9. The molecule has 13 rings (SSSR count). The predicted molar refractivity (Wildman–Crippen MR) is 281 cm³/mol. The summed E-state index contributed by atoms with van der Waals surface area (Å²) >= 11 is 0. The molecule has 1 heterocycles. The molecule has 1 aliphatic carbocycles. The first kappa shape index (κ1) is 38.7. The number of rotatable bonds is 8. The highest BCUT2D eigenvalue weighted by molar-refractivity contribution is 6.10. The van der Waals surface area contributed by atoms with Crippen LogP contribution in [0.4, 0.5) is 17.1 Å². The van der Waals surface area contributed by atoms with Gasteiger partial charge in [0.25, 0.3) is 0 Å². The number of para-hydroxylation sites is 2. The molecule has 0 saturated heterocycles. The minimum absolute atomic E-state index is 0.467. The summed E-state index contributed by atoms with van der Waals surface area (Å²) in [6.07, 6.45) is 0. The normalized spacial score (nSPS) is 12.6. The van der Waals surface area contributed by atoms with Crippen molar-refractivity contribution in [3.63, 3.8) is 0 Å². The van der Waals surface area contributed by atoms with Gasteiger partial charge < -0.3 is 9.47 Å². The average Bonchev–Trinajstić information content (AvgIpc) is 3.90. The summed E-state index contributed by atoms with van der Waals surface area (Å²) in [6.45, 7) is 0. The number of aromatic nitrogens is 1. The van der Waals surface area contributed by atoms with E-state index >= 15 is 0 Å². The maximum absolute atomic E-state index is 2.46. The van der Waals surface area contributed by atoms with Crippen LogP contribution in [-0.4, -0.2) is 4.57 Å². The highest BCUT2D eigenvalue weighted by Crippen LogP contribution is 2.56. The highest BCUT2D eigenvalue weighted by atomic mass is 15.1. The summed E-state index contributed by atoms with van der Waals surface area (Å²) in [4.78, 5) is 2.33. The van der Waals surface area contributed by atoms with Crippen molar-refractivity contribution in [1.82, 2.24) is 4.57 Å². The van der Waals surface area contributed by atoms with Crippen molar-refractivity contribution < 1.29 is 0 Å². The molecular weight excluding hydrogens is 809 g/mol. The molecule has 12 aromatic rings. The molecule has 0 unspecified atom stereocenters. The molecule has 11 aromatic carbocycles. The Labute approximate surface area is 390 Å². The molecular formula is C65H44N2. The van der Waals surface area contributed by atoms with Gasteiger partial charge in [-0.1, -0.05) is 200 Å². The van der Waals surface area contributed by atoms with Crippen molar-refractivity contribution in [3.8, 4) is 39.1 Å². The summed E-state index contributed by atoms with van der Waals surface area (Å²) < 4.78 is 2.46. The molecule has 0 saturated carbocycles. The molecule has 0 spiro atoms. The van der Waals surface area contributed by atoms with E-state index in [0.717, 1.165) is 22.7 Å². The fraction of sp³-hybridized carbons (Fsp3) is 0.0154. The van der Waals surface area contributed by atoms with Crippen LogP contribution in [0.2, 0.25) is 0 Å². The third kappa shape index (κ3) is 6.26. The monoisotopic (exact) mass is 852 g/mol. The lowest BCUT2D eigenvalue weighted by Gasteiger charge is -2.34. The van der Waals surface area contributed by atoms with Crippen molar-refractivity contribution in [3.05, 3.63) is 289 Å². The van der Waals surface area contributed by atoms with Crippen LogP contribution in [0.1, 0.15) is 22.3 Å². The van der Waals surface area contributed by atoms with Gasteiger partial charge in [-0.2, -0.15) is 0 Å². The fourth-order valence-electron chi connectivity index (χ4n) is 11.0. The summed E-state index contributed by atoms with van der Waals surface area (Å²) in [5.74, 6) is 0. The van der Waals surface area contributed by atoms with E-state index < -0.39 is 5.41 Å². The third-order valence-corrected chi connectivity index (χ3v) is 14.1. The topological polar surface area (TPSA) is 8.17 Å². The van der Waals surface area contributed by atoms with E-state index in [1.54, 1.807) is 0 Å². The first-order valence-corrected chi connectivity index (χ1v) is 23.2. The minimum Gasteiger partial charge on any atom is -0.310 e. The second kappa shape index (κ2) is 15.8. The van der Waals surface area contributed by atoms with Gasteiger partial charge in [-0.3, -0.25) is 0 Å². The molecule has 1 aromatic heterocycles. The Morgan fingerprint density at radius 3 is 1.55 bits per heavy atom. The zero-order chi connectivity index (χ0) is 44.3. The molecule has 0 bridgehead atoms. The molecule has 1 aliphatic rings. The quantitative estimate of drug-likeness (QED) is 0.148. The van der Waals surface area contributed by atoms with Gasteiger partial charge in [-0.25, -0.2) is 0 Å². The van der Waals surface area contributed by atoms with Crippen LogP contribution in [0, 0.1) is 0 Å². The molecule has 0 fully saturated rings. The number of benzene rings is 11. The SMILES string of the molecule is c1ccc(N(c2ccc(-c3ccc(-c4ccc5c(c4)c4ccccc4n5-c4ccc5c(c4)C(c4ccccc4)(c4ccccc4)c4ccccc4-5)cc3)cc2)c2ccc3ccccc3c2)cc1. The van der Waals surface area contributed by atoms with Gasteiger partial charge in [0.1, 0.15) is 0 Å². The van der Waals surface area contributed by atoms with Crippen LogP contribution in [0.15, 0.2) is 267 Å². The van der Waals surface area contributed by atoms with Crippen LogP contribution in [0.5, 0.6) is 0 Å². The lowest BCUT2D eigenvalue weighted by atomic mass is 9.67. The Kier molecular flexibility index (Phi) is 9.11. The summed E-state index contributed by atoms with van der Waals surface area (Å²) in [7, 11) is 0. The first-order chi connectivity index (χ1) is 33.2. The Morgan fingerprint density at radius 2 is 0.821 bits per heavy atom.